The minimum absolute atomic E-state index is 0.463. The molecule has 0 radical (unpaired) electrons. The van der Waals surface area contributed by atoms with Gasteiger partial charge in [-0.1, -0.05) is 46.3 Å². The lowest BCUT2D eigenvalue weighted by molar-refractivity contribution is 0.726. The van der Waals surface area contributed by atoms with E-state index in [9.17, 15) is 0 Å². The Kier molecular flexibility index (Phi) is 4.75. The van der Waals surface area contributed by atoms with Crippen molar-refractivity contribution in [2.45, 2.75) is 31.0 Å². The fraction of sp³-hybridized carbons (Fsp3) is 0.357. The highest BCUT2D eigenvalue weighted by Crippen LogP contribution is 2.28. The van der Waals surface area contributed by atoms with Gasteiger partial charge in [-0.05, 0) is 31.7 Å². The molecule has 0 aliphatic heterocycles. The molecule has 0 amide bonds. The molecule has 0 spiro atoms. The molecule has 0 saturated carbocycles. The summed E-state index contributed by atoms with van der Waals surface area (Å²) in [6, 6.07) is 10.6. The van der Waals surface area contributed by atoms with Crippen molar-refractivity contribution in [1.82, 2.24) is 4.98 Å². The molecule has 2 aromatic rings. The highest BCUT2D eigenvalue weighted by atomic mass is 79.9. The van der Waals surface area contributed by atoms with Crippen LogP contribution in [0.4, 0.5) is 0 Å². The second-order valence-corrected chi connectivity index (χ2v) is 6.20. The number of benzene rings is 1. The maximum atomic E-state index is 4.48. The number of thiazole rings is 1. The second-order valence-electron chi connectivity index (χ2n) is 4.15. The second kappa shape index (κ2) is 6.31. The topological polar surface area (TPSA) is 12.9 Å². The van der Waals surface area contributed by atoms with Gasteiger partial charge in [-0.25, -0.2) is 4.98 Å². The van der Waals surface area contributed by atoms with Gasteiger partial charge in [0.05, 0.1) is 5.01 Å². The molecule has 17 heavy (non-hydrogen) atoms. The van der Waals surface area contributed by atoms with E-state index in [1.54, 1.807) is 11.3 Å². The molecule has 90 valence electrons. The maximum absolute atomic E-state index is 4.48. The van der Waals surface area contributed by atoms with Crippen LogP contribution in [0.5, 0.6) is 0 Å². The van der Waals surface area contributed by atoms with Crippen molar-refractivity contribution < 1.29 is 0 Å². The number of hydrogen-bond donors (Lipinski definition) is 0. The van der Waals surface area contributed by atoms with Crippen LogP contribution in [0.15, 0.2) is 35.7 Å². The molecule has 0 aliphatic carbocycles. The van der Waals surface area contributed by atoms with E-state index >= 15 is 0 Å². The normalized spacial score (nSPS) is 12.6. The molecule has 0 aliphatic rings. The van der Waals surface area contributed by atoms with Crippen LogP contribution in [0.2, 0.25) is 0 Å². The molecule has 0 fully saturated rings. The Morgan fingerprint density at radius 3 is 2.71 bits per heavy atom. The van der Waals surface area contributed by atoms with Gasteiger partial charge in [0, 0.05) is 15.9 Å². The van der Waals surface area contributed by atoms with Gasteiger partial charge in [-0.15, -0.1) is 11.3 Å². The zero-order valence-corrected chi connectivity index (χ0v) is 12.3. The van der Waals surface area contributed by atoms with Gasteiger partial charge in [0.1, 0.15) is 0 Å². The minimum atomic E-state index is 0.463. The van der Waals surface area contributed by atoms with E-state index in [1.807, 2.05) is 0 Å². The molecule has 1 nitrogen and oxygen atoms in total. The number of hydrogen-bond acceptors (Lipinski definition) is 2. The molecule has 1 heterocycles. The zero-order valence-electron chi connectivity index (χ0n) is 9.90. The van der Waals surface area contributed by atoms with Crippen molar-refractivity contribution in [3.63, 3.8) is 0 Å². The SMILES string of the molecule is Cc1csc(CCCC(Br)c2ccccc2)n1. The quantitative estimate of drug-likeness (QED) is 0.715. The van der Waals surface area contributed by atoms with Crippen molar-refractivity contribution in [1.29, 1.82) is 0 Å². The van der Waals surface area contributed by atoms with Crippen LogP contribution in [-0.4, -0.2) is 4.98 Å². The minimum Gasteiger partial charge on any atom is -0.247 e. The fourth-order valence-electron chi connectivity index (χ4n) is 1.78. The third-order valence-corrected chi connectivity index (χ3v) is 4.69. The van der Waals surface area contributed by atoms with Crippen molar-refractivity contribution >= 4 is 27.3 Å². The van der Waals surface area contributed by atoms with Gasteiger partial charge in [0.25, 0.3) is 0 Å². The van der Waals surface area contributed by atoms with Gasteiger partial charge >= 0.3 is 0 Å². The largest absolute Gasteiger partial charge is 0.247 e. The molecule has 1 aromatic carbocycles. The Hall–Kier alpha value is -0.670. The summed E-state index contributed by atoms with van der Waals surface area (Å²) >= 11 is 5.52. The summed E-state index contributed by atoms with van der Waals surface area (Å²) in [5, 5.41) is 3.38. The van der Waals surface area contributed by atoms with Crippen LogP contribution >= 0.6 is 27.3 Å². The molecule has 2 rings (SSSR count). The molecule has 0 saturated heterocycles. The summed E-state index contributed by atoms with van der Waals surface area (Å²) in [4.78, 5) is 4.95. The van der Waals surface area contributed by atoms with Crippen LogP contribution in [0.3, 0.4) is 0 Å². The van der Waals surface area contributed by atoms with E-state index in [0.717, 1.165) is 18.5 Å². The van der Waals surface area contributed by atoms with Gasteiger partial charge < -0.3 is 0 Å². The molecule has 0 N–H and O–H groups in total. The Balaban J connectivity index is 1.79. The van der Waals surface area contributed by atoms with Gasteiger partial charge in [-0.2, -0.15) is 0 Å². The van der Waals surface area contributed by atoms with E-state index in [2.05, 4.69) is 63.5 Å². The van der Waals surface area contributed by atoms with E-state index in [4.69, 9.17) is 0 Å². The van der Waals surface area contributed by atoms with Crippen molar-refractivity contribution in [3.8, 4) is 0 Å². The first kappa shape index (κ1) is 12.8. The smallest absolute Gasteiger partial charge is 0.0928 e. The Morgan fingerprint density at radius 1 is 1.29 bits per heavy atom. The summed E-state index contributed by atoms with van der Waals surface area (Å²) in [5.74, 6) is 0. The highest BCUT2D eigenvalue weighted by molar-refractivity contribution is 9.09. The van der Waals surface area contributed by atoms with E-state index in [-0.39, 0.29) is 0 Å². The Labute approximate surface area is 115 Å². The number of rotatable bonds is 5. The van der Waals surface area contributed by atoms with Crippen LogP contribution in [0.1, 0.15) is 33.9 Å². The highest BCUT2D eigenvalue weighted by Gasteiger charge is 2.07. The average Bonchev–Trinajstić information content (AvgIpc) is 2.76. The lowest BCUT2D eigenvalue weighted by atomic mass is 10.1. The summed E-state index contributed by atoms with van der Waals surface area (Å²) in [5.41, 5.74) is 2.51. The summed E-state index contributed by atoms with van der Waals surface area (Å²) in [6.07, 6.45) is 3.42. The third kappa shape index (κ3) is 3.93. The fourth-order valence-corrected chi connectivity index (χ4v) is 3.23. The summed E-state index contributed by atoms with van der Waals surface area (Å²) < 4.78 is 0. The predicted molar refractivity (Wildman–Crippen MR) is 77.9 cm³/mol. The number of nitrogens with zero attached hydrogens (tertiary/aromatic N) is 1. The first-order valence-corrected chi connectivity index (χ1v) is 7.65. The van der Waals surface area contributed by atoms with Gasteiger partial charge in [0.15, 0.2) is 0 Å². The average molecular weight is 310 g/mol. The molecular weight excluding hydrogens is 294 g/mol. The predicted octanol–water partition coefficient (Wildman–Crippen LogP) is 4.91. The number of aromatic nitrogens is 1. The number of alkyl halides is 1. The van der Waals surface area contributed by atoms with Crippen LogP contribution < -0.4 is 0 Å². The molecule has 1 aromatic heterocycles. The Morgan fingerprint density at radius 2 is 2.06 bits per heavy atom. The zero-order chi connectivity index (χ0) is 12.1. The van der Waals surface area contributed by atoms with Gasteiger partial charge in [-0.3, -0.25) is 0 Å². The number of halogens is 1. The first-order chi connectivity index (χ1) is 8.25. The third-order valence-electron chi connectivity index (χ3n) is 2.68. The lowest BCUT2D eigenvalue weighted by Crippen LogP contribution is -1.92. The van der Waals surface area contributed by atoms with Crippen LogP contribution in [-0.2, 0) is 6.42 Å². The van der Waals surface area contributed by atoms with Crippen LogP contribution in [0.25, 0.3) is 0 Å². The standard InChI is InChI=1S/C14H16BrNS/c1-11-10-17-14(16-11)9-5-8-13(15)12-6-3-2-4-7-12/h2-4,6-7,10,13H,5,8-9H2,1H3. The maximum Gasteiger partial charge on any atom is 0.0928 e. The monoisotopic (exact) mass is 309 g/mol. The molecule has 1 atom stereocenters. The Bertz CT molecular complexity index is 452. The van der Waals surface area contributed by atoms with E-state index in [1.165, 1.54) is 17.0 Å². The van der Waals surface area contributed by atoms with Crippen LogP contribution in [0, 0.1) is 6.92 Å². The van der Waals surface area contributed by atoms with Crippen molar-refractivity contribution in [3.05, 3.63) is 52.0 Å². The van der Waals surface area contributed by atoms with Crippen molar-refractivity contribution in [2.24, 2.45) is 0 Å². The lowest BCUT2D eigenvalue weighted by Gasteiger charge is -2.08. The van der Waals surface area contributed by atoms with E-state index in [0.29, 0.717) is 4.83 Å². The first-order valence-electron chi connectivity index (χ1n) is 5.86. The molecule has 1 unspecified atom stereocenters. The molecule has 0 bridgehead atoms. The van der Waals surface area contributed by atoms with Gasteiger partial charge in [0.2, 0.25) is 0 Å². The molecular formula is C14H16BrNS. The molecule has 3 heteroatoms. The van der Waals surface area contributed by atoms with Crippen molar-refractivity contribution in [2.75, 3.05) is 0 Å². The summed E-state index contributed by atoms with van der Waals surface area (Å²) in [6.45, 7) is 2.05. The number of aryl methyl sites for hydroxylation is 2. The summed E-state index contributed by atoms with van der Waals surface area (Å²) in [7, 11) is 0. The van der Waals surface area contributed by atoms with E-state index < -0.39 is 0 Å².